The number of rotatable bonds is 1. The topological polar surface area (TPSA) is 47.6 Å². The first kappa shape index (κ1) is 11.1. The van der Waals surface area contributed by atoms with E-state index in [2.05, 4.69) is 4.99 Å². The SMILES string of the molecule is C[C@]1(c2cc(F)c(F)cc2Cl)COC(N)=N1. The summed E-state index contributed by atoms with van der Waals surface area (Å²) in [6.07, 6.45) is 0. The molecule has 0 amide bonds. The second kappa shape index (κ2) is 3.59. The Morgan fingerprint density at radius 3 is 2.62 bits per heavy atom. The van der Waals surface area contributed by atoms with Gasteiger partial charge in [-0.1, -0.05) is 11.6 Å². The summed E-state index contributed by atoms with van der Waals surface area (Å²) < 4.78 is 31.0. The van der Waals surface area contributed by atoms with Crippen molar-refractivity contribution in [3.05, 3.63) is 34.4 Å². The van der Waals surface area contributed by atoms with Gasteiger partial charge in [-0.15, -0.1) is 0 Å². The van der Waals surface area contributed by atoms with Crippen LogP contribution in [0, 0.1) is 11.6 Å². The Balaban J connectivity index is 2.53. The third-order valence-electron chi connectivity index (χ3n) is 2.45. The zero-order chi connectivity index (χ0) is 11.9. The molecule has 1 atom stereocenters. The average Bonchev–Trinajstić information content (AvgIpc) is 2.53. The second-order valence-corrected chi connectivity index (χ2v) is 4.17. The molecule has 0 bridgehead atoms. The molecular formula is C10H9ClF2N2O. The number of benzene rings is 1. The van der Waals surface area contributed by atoms with Crippen molar-refractivity contribution in [2.75, 3.05) is 6.61 Å². The Bertz CT molecular complexity index is 478. The molecule has 3 nitrogen and oxygen atoms in total. The van der Waals surface area contributed by atoms with Crippen LogP contribution in [0.3, 0.4) is 0 Å². The van der Waals surface area contributed by atoms with E-state index in [1.807, 2.05) is 0 Å². The standard InChI is InChI=1S/C10H9ClF2N2O/c1-10(4-16-9(14)15-10)5-2-7(12)8(13)3-6(5)11/h2-3H,4H2,1H3,(H2,14,15)/t10-/m1/s1. The maximum Gasteiger partial charge on any atom is 0.283 e. The third kappa shape index (κ3) is 1.71. The number of nitrogens with two attached hydrogens (primary N) is 1. The number of halogens is 3. The quantitative estimate of drug-likeness (QED) is 0.772. The van der Waals surface area contributed by atoms with Crippen LogP contribution in [0.2, 0.25) is 5.02 Å². The minimum atomic E-state index is -0.992. The van der Waals surface area contributed by atoms with Crippen molar-refractivity contribution >= 4 is 17.6 Å². The lowest BCUT2D eigenvalue weighted by molar-refractivity contribution is 0.266. The molecule has 6 heteroatoms. The van der Waals surface area contributed by atoms with Crippen molar-refractivity contribution in [3.63, 3.8) is 0 Å². The fourth-order valence-corrected chi connectivity index (χ4v) is 1.95. The van der Waals surface area contributed by atoms with E-state index in [0.717, 1.165) is 12.1 Å². The van der Waals surface area contributed by atoms with Gasteiger partial charge in [0, 0.05) is 10.6 Å². The summed E-state index contributed by atoms with van der Waals surface area (Å²) in [5.74, 6) is -1.96. The summed E-state index contributed by atoms with van der Waals surface area (Å²) in [5, 5.41) is 0.100. The molecule has 1 aromatic carbocycles. The number of amidine groups is 1. The van der Waals surface area contributed by atoms with Crippen molar-refractivity contribution in [3.8, 4) is 0 Å². The summed E-state index contributed by atoms with van der Waals surface area (Å²) in [5.41, 5.74) is 4.87. The monoisotopic (exact) mass is 246 g/mol. The van der Waals surface area contributed by atoms with E-state index in [1.54, 1.807) is 6.92 Å². The average molecular weight is 247 g/mol. The van der Waals surface area contributed by atoms with Gasteiger partial charge in [0.1, 0.15) is 12.1 Å². The van der Waals surface area contributed by atoms with Gasteiger partial charge in [-0.3, -0.25) is 0 Å². The van der Waals surface area contributed by atoms with Gasteiger partial charge in [0.15, 0.2) is 11.6 Å². The molecule has 1 heterocycles. The number of aliphatic imine (C=N–C) groups is 1. The minimum absolute atomic E-state index is 0.0169. The number of ether oxygens (including phenoxy) is 1. The van der Waals surface area contributed by atoms with E-state index in [0.29, 0.717) is 5.56 Å². The van der Waals surface area contributed by atoms with Crippen molar-refractivity contribution in [1.82, 2.24) is 0 Å². The largest absolute Gasteiger partial charge is 0.462 e. The zero-order valence-corrected chi connectivity index (χ0v) is 9.18. The zero-order valence-electron chi connectivity index (χ0n) is 8.43. The molecule has 86 valence electrons. The Kier molecular flexibility index (Phi) is 2.50. The lowest BCUT2D eigenvalue weighted by atomic mass is 9.94. The van der Waals surface area contributed by atoms with E-state index < -0.39 is 17.2 Å². The first-order valence-corrected chi connectivity index (χ1v) is 4.93. The van der Waals surface area contributed by atoms with Gasteiger partial charge in [0.05, 0.1) is 0 Å². The van der Waals surface area contributed by atoms with Crippen LogP contribution in [0.5, 0.6) is 0 Å². The fourth-order valence-electron chi connectivity index (χ4n) is 1.60. The molecule has 16 heavy (non-hydrogen) atoms. The third-order valence-corrected chi connectivity index (χ3v) is 2.76. The first-order chi connectivity index (χ1) is 7.42. The Labute approximate surface area is 95.9 Å². The van der Waals surface area contributed by atoms with Crippen molar-refractivity contribution in [1.29, 1.82) is 0 Å². The van der Waals surface area contributed by atoms with Crippen LogP contribution in [0.15, 0.2) is 17.1 Å². The molecule has 1 aliphatic heterocycles. The molecular weight excluding hydrogens is 238 g/mol. The molecule has 1 aromatic rings. The molecule has 0 aliphatic carbocycles. The highest BCUT2D eigenvalue weighted by Crippen LogP contribution is 2.35. The molecule has 0 fully saturated rings. The van der Waals surface area contributed by atoms with Gasteiger partial charge in [0.2, 0.25) is 0 Å². The summed E-state index contributed by atoms with van der Waals surface area (Å²) in [4.78, 5) is 4.02. The number of hydrogen-bond donors (Lipinski definition) is 1. The maximum atomic E-state index is 13.1. The minimum Gasteiger partial charge on any atom is -0.462 e. The lowest BCUT2D eigenvalue weighted by Crippen LogP contribution is -2.21. The first-order valence-electron chi connectivity index (χ1n) is 4.55. The molecule has 2 rings (SSSR count). The second-order valence-electron chi connectivity index (χ2n) is 3.76. The summed E-state index contributed by atoms with van der Waals surface area (Å²) in [6, 6.07) is 1.95. The molecule has 0 saturated heterocycles. The Hall–Kier alpha value is -1.36. The molecule has 0 spiro atoms. The van der Waals surface area contributed by atoms with Gasteiger partial charge < -0.3 is 10.5 Å². The number of hydrogen-bond acceptors (Lipinski definition) is 3. The highest BCUT2D eigenvalue weighted by Gasteiger charge is 2.35. The van der Waals surface area contributed by atoms with Gasteiger partial charge in [-0.25, -0.2) is 13.8 Å². The molecule has 0 unspecified atom stereocenters. The molecule has 2 N–H and O–H groups in total. The van der Waals surface area contributed by atoms with Gasteiger partial charge >= 0.3 is 0 Å². The summed E-state index contributed by atoms with van der Waals surface area (Å²) in [6.45, 7) is 1.84. The fraction of sp³-hybridized carbons (Fsp3) is 0.300. The van der Waals surface area contributed by atoms with Crippen LogP contribution in [0.25, 0.3) is 0 Å². The predicted octanol–water partition coefficient (Wildman–Crippen LogP) is 2.18. The predicted molar refractivity (Wildman–Crippen MR) is 56.3 cm³/mol. The van der Waals surface area contributed by atoms with E-state index in [-0.39, 0.29) is 17.7 Å². The van der Waals surface area contributed by atoms with Crippen LogP contribution in [0.1, 0.15) is 12.5 Å². The van der Waals surface area contributed by atoms with E-state index in [4.69, 9.17) is 22.1 Å². The maximum absolute atomic E-state index is 13.1. The Morgan fingerprint density at radius 2 is 2.06 bits per heavy atom. The molecule has 0 radical (unpaired) electrons. The van der Waals surface area contributed by atoms with Crippen molar-refractivity contribution in [2.24, 2.45) is 10.7 Å². The van der Waals surface area contributed by atoms with Crippen molar-refractivity contribution < 1.29 is 13.5 Å². The normalized spacial score (nSPS) is 24.1. The lowest BCUT2D eigenvalue weighted by Gasteiger charge is -2.20. The highest BCUT2D eigenvalue weighted by atomic mass is 35.5. The van der Waals surface area contributed by atoms with E-state index in [1.165, 1.54) is 0 Å². The van der Waals surface area contributed by atoms with Gasteiger partial charge in [-0.2, -0.15) is 0 Å². The van der Waals surface area contributed by atoms with E-state index >= 15 is 0 Å². The van der Waals surface area contributed by atoms with Crippen molar-refractivity contribution in [2.45, 2.75) is 12.5 Å². The Morgan fingerprint density at radius 1 is 1.44 bits per heavy atom. The van der Waals surface area contributed by atoms with Crippen LogP contribution < -0.4 is 5.73 Å². The molecule has 0 saturated carbocycles. The van der Waals surface area contributed by atoms with Gasteiger partial charge in [0.25, 0.3) is 6.02 Å². The molecule has 0 aromatic heterocycles. The summed E-state index contributed by atoms with van der Waals surface area (Å²) in [7, 11) is 0. The van der Waals surface area contributed by atoms with Crippen LogP contribution in [-0.4, -0.2) is 12.6 Å². The van der Waals surface area contributed by atoms with Crippen LogP contribution >= 0.6 is 11.6 Å². The smallest absolute Gasteiger partial charge is 0.283 e. The van der Waals surface area contributed by atoms with E-state index in [9.17, 15) is 8.78 Å². The van der Waals surface area contributed by atoms with Crippen LogP contribution in [0.4, 0.5) is 8.78 Å². The highest BCUT2D eigenvalue weighted by molar-refractivity contribution is 6.31. The number of nitrogens with zero attached hydrogens (tertiary/aromatic N) is 1. The summed E-state index contributed by atoms with van der Waals surface area (Å²) >= 11 is 5.85. The van der Waals surface area contributed by atoms with Gasteiger partial charge in [-0.05, 0) is 19.1 Å². The van der Waals surface area contributed by atoms with Crippen LogP contribution in [-0.2, 0) is 10.3 Å². The molecule has 1 aliphatic rings.